The predicted octanol–water partition coefficient (Wildman–Crippen LogP) is -1.76. The summed E-state index contributed by atoms with van der Waals surface area (Å²) >= 11 is 0. The van der Waals surface area contributed by atoms with Gasteiger partial charge in [-0.3, -0.25) is 20.4 Å². The fourth-order valence-electron chi connectivity index (χ4n) is 1.94. The van der Waals surface area contributed by atoms with Gasteiger partial charge in [0.2, 0.25) is 11.8 Å². The van der Waals surface area contributed by atoms with Crippen molar-refractivity contribution >= 4 is 11.8 Å². The Morgan fingerprint density at radius 1 is 1.08 bits per heavy atom. The fraction of sp³-hybridized carbons (Fsp3) is 0.714. The second-order valence-electron chi connectivity index (χ2n) is 3.39. The van der Waals surface area contributed by atoms with Crippen molar-refractivity contribution in [2.45, 2.75) is 13.8 Å². The van der Waals surface area contributed by atoms with E-state index in [1.807, 2.05) is 24.7 Å². The number of carbonyl (C=O) groups is 2. The first-order valence-electron chi connectivity index (χ1n) is 4.05. The third kappa shape index (κ3) is 1.02. The molecule has 2 amide bonds. The van der Waals surface area contributed by atoms with Gasteiger partial charge in [-0.25, -0.2) is 11.7 Å². The highest BCUT2D eigenvalue weighted by atomic mass is 16.2. The molecule has 0 aromatic heterocycles. The van der Waals surface area contributed by atoms with E-state index in [2.05, 4.69) is 0 Å². The smallest absolute Gasteiger partial charge is 0.250 e. The molecule has 6 heteroatoms. The molecule has 0 aliphatic heterocycles. The van der Waals surface area contributed by atoms with Crippen molar-refractivity contribution < 1.29 is 9.59 Å². The molecule has 0 bridgehead atoms. The molecule has 74 valence electrons. The molecule has 0 saturated heterocycles. The van der Waals surface area contributed by atoms with Gasteiger partial charge in [0.1, 0.15) is 5.41 Å². The van der Waals surface area contributed by atoms with Crippen LogP contribution in [0.1, 0.15) is 13.8 Å². The molecule has 2 unspecified atom stereocenters. The predicted molar refractivity (Wildman–Crippen MR) is 45.4 cm³/mol. The summed E-state index contributed by atoms with van der Waals surface area (Å²) in [6.07, 6.45) is 0. The Kier molecular flexibility index (Phi) is 2.27. The van der Waals surface area contributed by atoms with Crippen molar-refractivity contribution in [3.8, 4) is 0 Å². The van der Waals surface area contributed by atoms with Crippen LogP contribution in [0.4, 0.5) is 0 Å². The number of carbonyl (C=O) groups excluding carboxylic acids is 2. The van der Waals surface area contributed by atoms with Gasteiger partial charge in [-0.2, -0.15) is 0 Å². The molecule has 0 radical (unpaired) electrons. The van der Waals surface area contributed by atoms with E-state index in [1.54, 1.807) is 0 Å². The zero-order chi connectivity index (χ0) is 10.2. The molecule has 13 heavy (non-hydrogen) atoms. The van der Waals surface area contributed by atoms with E-state index in [1.165, 1.54) is 0 Å². The van der Waals surface area contributed by atoms with Crippen LogP contribution in [-0.4, -0.2) is 11.8 Å². The zero-order valence-corrected chi connectivity index (χ0v) is 7.63. The Hall–Kier alpha value is -1.14. The van der Waals surface area contributed by atoms with Gasteiger partial charge in [0.25, 0.3) is 0 Å². The molecule has 1 aliphatic carbocycles. The van der Waals surface area contributed by atoms with E-state index in [0.717, 1.165) is 0 Å². The van der Waals surface area contributed by atoms with Crippen LogP contribution >= 0.6 is 0 Å². The van der Waals surface area contributed by atoms with Crippen LogP contribution in [0, 0.1) is 17.3 Å². The van der Waals surface area contributed by atoms with E-state index in [-0.39, 0.29) is 11.8 Å². The Morgan fingerprint density at radius 3 is 1.54 bits per heavy atom. The Bertz CT molecular complexity index is 227. The number of amides is 2. The van der Waals surface area contributed by atoms with Crippen LogP contribution in [0.25, 0.3) is 0 Å². The SMILES string of the molecule is CC1C(C)C1(C(=O)NN)C(=O)NN. The van der Waals surface area contributed by atoms with Crippen molar-refractivity contribution in [1.29, 1.82) is 0 Å². The molecule has 6 N–H and O–H groups in total. The molecule has 1 fully saturated rings. The van der Waals surface area contributed by atoms with Gasteiger partial charge >= 0.3 is 0 Å². The third-order valence-corrected chi connectivity index (χ3v) is 3.09. The standard InChI is InChI=1S/C7H14N4O2/c1-3-4(2)7(3,5(12)10-8)6(13)11-9/h3-4H,8-9H2,1-2H3,(H,10,12)(H,11,13). The molecule has 1 rings (SSSR count). The quantitative estimate of drug-likeness (QED) is 0.177. The Labute approximate surface area is 76.0 Å². The second kappa shape index (κ2) is 2.97. The summed E-state index contributed by atoms with van der Waals surface area (Å²) in [7, 11) is 0. The van der Waals surface area contributed by atoms with E-state index < -0.39 is 17.2 Å². The van der Waals surface area contributed by atoms with Crippen molar-refractivity contribution in [1.82, 2.24) is 10.9 Å². The first-order chi connectivity index (χ1) is 6.03. The van der Waals surface area contributed by atoms with Gasteiger partial charge in [0.15, 0.2) is 0 Å². The van der Waals surface area contributed by atoms with E-state index in [4.69, 9.17) is 11.7 Å². The molecule has 2 atom stereocenters. The van der Waals surface area contributed by atoms with Crippen LogP contribution in [0.2, 0.25) is 0 Å². The zero-order valence-electron chi connectivity index (χ0n) is 7.63. The van der Waals surface area contributed by atoms with Gasteiger partial charge in [0.05, 0.1) is 0 Å². The lowest BCUT2D eigenvalue weighted by atomic mass is 10.0. The van der Waals surface area contributed by atoms with Gasteiger partial charge < -0.3 is 0 Å². The molecular weight excluding hydrogens is 172 g/mol. The lowest BCUT2D eigenvalue weighted by Gasteiger charge is -2.12. The molecule has 0 aromatic rings. The normalized spacial score (nSPS) is 29.2. The van der Waals surface area contributed by atoms with Crippen LogP contribution in [0.5, 0.6) is 0 Å². The minimum Gasteiger partial charge on any atom is -0.293 e. The van der Waals surface area contributed by atoms with Crippen LogP contribution < -0.4 is 22.5 Å². The number of nitrogens with one attached hydrogen (secondary N) is 2. The van der Waals surface area contributed by atoms with Crippen molar-refractivity contribution in [2.75, 3.05) is 0 Å². The Morgan fingerprint density at radius 2 is 1.38 bits per heavy atom. The maximum Gasteiger partial charge on any atom is 0.250 e. The van der Waals surface area contributed by atoms with Gasteiger partial charge in [-0.15, -0.1) is 0 Å². The highest BCUT2D eigenvalue weighted by Gasteiger charge is 2.69. The van der Waals surface area contributed by atoms with Crippen LogP contribution in [-0.2, 0) is 9.59 Å². The number of nitrogens with two attached hydrogens (primary N) is 2. The number of hydrazine groups is 2. The summed E-state index contributed by atoms with van der Waals surface area (Å²) in [5, 5.41) is 0. The molecule has 0 aromatic carbocycles. The van der Waals surface area contributed by atoms with Gasteiger partial charge in [0, 0.05) is 0 Å². The molecule has 0 spiro atoms. The maximum absolute atomic E-state index is 11.4. The highest BCUT2D eigenvalue weighted by Crippen LogP contribution is 2.58. The lowest BCUT2D eigenvalue weighted by Crippen LogP contribution is -2.49. The first-order valence-corrected chi connectivity index (χ1v) is 4.05. The molecule has 1 saturated carbocycles. The second-order valence-corrected chi connectivity index (χ2v) is 3.39. The average molecular weight is 186 g/mol. The summed E-state index contributed by atoms with van der Waals surface area (Å²) in [5.41, 5.74) is 2.91. The number of rotatable bonds is 2. The third-order valence-electron chi connectivity index (χ3n) is 3.09. The largest absolute Gasteiger partial charge is 0.293 e. The van der Waals surface area contributed by atoms with Crippen molar-refractivity contribution in [3.63, 3.8) is 0 Å². The number of hydrogen-bond acceptors (Lipinski definition) is 4. The van der Waals surface area contributed by atoms with Gasteiger partial charge in [-0.1, -0.05) is 13.8 Å². The highest BCUT2D eigenvalue weighted by molar-refractivity contribution is 6.08. The molecular formula is C7H14N4O2. The van der Waals surface area contributed by atoms with Gasteiger partial charge in [-0.05, 0) is 11.8 Å². The van der Waals surface area contributed by atoms with E-state index >= 15 is 0 Å². The summed E-state index contributed by atoms with van der Waals surface area (Å²) in [4.78, 5) is 22.7. The minimum absolute atomic E-state index is 0.0281. The molecule has 0 heterocycles. The maximum atomic E-state index is 11.4. The summed E-state index contributed by atoms with van der Waals surface area (Å²) in [5.74, 6) is 8.98. The fourth-order valence-corrected chi connectivity index (χ4v) is 1.94. The van der Waals surface area contributed by atoms with Crippen molar-refractivity contribution in [3.05, 3.63) is 0 Å². The summed E-state index contributed by atoms with van der Waals surface area (Å²) in [6.45, 7) is 3.63. The number of hydrogen-bond donors (Lipinski definition) is 4. The average Bonchev–Trinajstić information content (AvgIpc) is 2.69. The molecule has 1 aliphatic rings. The lowest BCUT2D eigenvalue weighted by molar-refractivity contribution is -0.138. The first kappa shape index (κ1) is 9.94. The topological polar surface area (TPSA) is 110 Å². The summed E-state index contributed by atoms with van der Waals surface area (Å²) < 4.78 is 0. The molecule has 6 nitrogen and oxygen atoms in total. The van der Waals surface area contributed by atoms with Crippen LogP contribution in [0.3, 0.4) is 0 Å². The minimum atomic E-state index is -1.07. The van der Waals surface area contributed by atoms with Crippen molar-refractivity contribution in [2.24, 2.45) is 28.9 Å². The summed E-state index contributed by atoms with van der Waals surface area (Å²) in [6, 6.07) is 0. The Balaban J connectivity index is 2.93. The van der Waals surface area contributed by atoms with E-state index in [9.17, 15) is 9.59 Å². The monoisotopic (exact) mass is 186 g/mol. The van der Waals surface area contributed by atoms with Crippen LogP contribution in [0.15, 0.2) is 0 Å². The van der Waals surface area contributed by atoms with E-state index in [0.29, 0.717) is 0 Å².